The monoisotopic (exact) mass is 300 g/mol. The van der Waals surface area contributed by atoms with E-state index in [1.165, 1.54) is 36.0 Å². The zero-order chi connectivity index (χ0) is 13.1. The Labute approximate surface area is 108 Å². The Kier molecular flexibility index (Phi) is 5.22. The molecule has 17 heavy (non-hydrogen) atoms. The number of sulfone groups is 1. The van der Waals surface area contributed by atoms with E-state index < -0.39 is 15.6 Å². The molecule has 0 amide bonds. The summed E-state index contributed by atoms with van der Waals surface area (Å²) < 4.78 is 46.8. The Hall–Kier alpha value is -0.330. The predicted octanol–water partition coefficient (Wildman–Crippen LogP) is 3.40. The summed E-state index contributed by atoms with van der Waals surface area (Å²) in [5, 5.41) is 0.175. The van der Waals surface area contributed by atoms with Crippen molar-refractivity contribution in [1.82, 2.24) is 0 Å². The summed E-state index contributed by atoms with van der Waals surface area (Å²) in [6.45, 7) is 1.92. The number of benzene rings is 1. The molecule has 0 heterocycles. The van der Waals surface area contributed by atoms with Crippen molar-refractivity contribution < 1.29 is 17.2 Å². The highest BCUT2D eigenvalue weighted by molar-refractivity contribution is 8.00. The van der Waals surface area contributed by atoms with Crippen molar-refractivity contribution in [2.75, 3.05) is 5.88 Å². The van der Waals surface area contributed by atoms with E-state index >= 15 is 0 Å². The fourth-order valence-corrected chi connectivity index (χ4v) is 2.81. The topological polar surface area (TPSA) is 34.1 Å². The van der Waals surface area contributed by atoms with Gasteiger partial charge in [-0.25, -0.2) is 8.42 Å². The minimum absolute atomic E-state index is 0.175. The fraction of sp³-hybridized carbons (Fsp3) is 0.400. The van der Waals surface area contributed by atoms with Crippen LogP contribution in [0.2, 0.25) is 0 Å². The van der Waals surface area contributed by atoms with E-state index in [1.807, 2.05) is 6.92 Å². The van der Waals surface area contributed by atoms with Crippen molar-refractivity contribution in [1.29, 1.82) is 0 Å². The maximum Gasteiger partial charge on any atom is 0.341 e. The summed E-state index contributed by atoms with van der Waals surface area (Å²) >= 11 is 7.09. The second-order valence-electron chi connectivity index (χ2n) is 3.36. The lowest BCUT2D eigenvalue weighted by atomic mass is 10.4. The third-order valence-corrected chi connectivity index (χ3v) is 5.10. The summed E-state index contributed by atoms with van der Waals surface area (Å²) in [5.74, 6) is -2.93. The first kappa shape index (κ1) is 14.7. The van der Waals surface area contributed by atoms with Crippen molar-refractivity contribution in [2.45, 2.75) is 27.7 Å². The molecule has 1 rings (SSSR count). The summed E-state index contributed by atoms with van der Waals surface area (Å²) in [4.78, 5) is 0.432. The van der Waals surface area contributed by atoms with Crippen molar-refractivity contribution in [2.24, 2.45) is 0 Å². The number of hydrogen-bond donors (Lipinski definition) is 0. The van der Waals surface area contributed by atoms with Gasteiger partial charge in [0.05, 0.1) is 4.90 Å². The quantitative estimate of drug-likeness (QED) is 0.617. The van der Waals surface area contributed by atoms with Gasteiger partial charge in [0.2, 0.25) is 9.84 Å². The van der Waals surface area contributed by atoms with E-state index in [0.717, 1.165) is 4.90 Å². The molecule has 0 saturated carbocycles. The van der Waals surface area contributed by atoms with Crippen LogP contribution in [0.25, 0.3) is 0 Å². The minimum atomic E-state index is -4.50. The van der Waals surface area contributed by atoms with Gasteiger partial charge < -0.3 is 0 Å². The first-order valence-electron chi connectivity index (χ1n) is 4.72. The summed E-state index contributed by atoms with van der Waals surface area (Å²) in [6.07, 6.45) is 0. The normalized spacial score (nSPS) is 13.9. The highest BCUT2D eigenvalue weighted by Gasteiger charge is 2.26. The lowest BCUT2D eigenvalue weighted by molar-refractivity contribution is 0.234. The lowest BCUT2D eigenvalue weighted by Crippen LogP contribution is -2.11. The molecular weight excluding hydrogens is 290 g/mol. The number of halogens is 3. The van der Waals surface area contributed by atoms with Gasteiger partial charge in [-0.15, -0.1) is 23.4 Å². The molecule has 0 fully saturated rings. The van der Waals surface area contributed by atoms with Gasteiger partial charge in [-0.2, -0.15) is 8.78 Å². The van der Waals surface area contributed by atoms with Crippen LogP contribution in [0.1, 0.15) is 6.92 Å². The van der Waals surface area contributed by atoms with Crippen LogP contribution in [0, 0.1) is 0 Å². The molecule has 1 aromatic carbocycles. The molecule has 2 nitrogen and oxygen atoms in total. The largest absolute Gasteiger partial charge is 0.341 e. The van der Waals surface area contributed by atoms with E-state index in [-0.39, 0.29) is 10.1 Å². The Morgan fingerprint density at radius 1 is 1.29 bits per heavy atom. The summed E-state index contributed by atoms with van der Waals surface area (Å²) in [7, 11) is -4.50. The first-order chi connectivity index (χ1) is 7.87. The highest BCUT2D eigenvalue weighted by atomic mass is 35.5. The number of thioether (sulfide) groups is 1. The molecule has 0 aromatic heterocycles. The molecule has 1 aromatic rings. The summed E-state index contributed by atoms with van der Waals surface area (Å²) in [6, 6.07) is 5.38. The molecule has 1 unspecified atom stereocenters. The van der Waals surface area contributed by atoms with Gasteiger partial charge in [0, 0.05) is 16.0 Å². The zero-order valence-electron chi connectivity index (χ0n) is 8.94. The Balaban J connectivity index is 2.89. The number of hydrogen-bond acceptors (Lipinski definition) is 3. The Morgan fingerprint density at radius 2 is 1.82 bits per heavy atom. The van der Waals surface area contributed by atoms with Crippen LogP contribution in [0.15, 0.2) is 34.1 Å². The third kappa shape index (κ3) is 3.82. The standard InChI is InChI=1S/C10H11ClF2O2S2/c1-7(6-11)16-8-2-4-9(5-3-8)17(14,15)10(12)13/h2-5,7,10H,6H2,1H3. The minimum Gasteiger partial charge on any atom is -0.218 e. The number of alkyl halides is 3. The van der Waals surface area contributed by atoms with Crippen LogP contribution in [-0.4, -0.2) is 25.3 Å². The summed E-state index contributed by atoms with van der Waals surface area (Å²) in [5.41, 5.74) is 0. The van der Waals surface area contributed by atoms with Crippen LogP contribution in [0.5, 0.6) is 0 Å². The maximum atomic E-state index is 12.3. The Morgan fingerprint density at radius 3 is 2.24 bits per heavy atom. The van der Waals surface area contributed by atoms with E-state index in [0.29, 0.717) is 5.88 Å². The van der Waals surface area contributed by atoms with Crippen LogP contribution in [0.3, 0.4) is 0 Å². The van der Waals surface area contributed by atoms with Crippen molar-refractivity contribution in [3.05, 3.63) is 24.3 Å². The number of rotatable bonds is 5. The van der Waals surface area contributed by atoms with Gasteiger partial charge in [0.15, 0.2) is 0 Å². The molecule has 0 spiro atoms. The fourth-order valence-electron chi connectivity index (χ4n) is 1.07. The SMILES string of the molecule is CC(CCl)Sc1ccc(S(=O)(=O)C(F)F)cc1. The molecule has 0 saturated heterocycles. The highest BCUT2D eigenvalue weighted by Crippen LogP contribution is 2.26. The smallest absolute Gasteiger partial charge is 0.218 e. The van der Waals surface area contributed by atoms with Gasteiger partial charge in [0.25, 0.3) is 0 Å². The van der Waals surface area contributed by atoms with Gasteiger partial charge in [-0.05, 0) is 24.3 Å². The molecule has 0 bridgehead atoms. The maximum absolute atomic E-state index is 12.3. The van der Waals surface area contributed by atoms with Crippen molar-refractivity contribution in [3.63, 3.8) is 0 Å². The molecule has 7 heteroatoms. The average molecular weight is 301 g/mol. The van der Waals surface area contributed by atoms with Gasteiger partial charge in [0.1, 0.15) is 0 Å². The molecule has 96 valence electrons. The first-order valence-corrected chi connectivity index (χ1v) is 7.68. The van der Waals surface area contributed by atoms with Crippen LogP contribution in [0.4, 0.5) is 8.78 Å². The molecule has 0 aliphatic rings. The van der Waals surface area contributed by atoms with Gasteiger partial charge in [-0.1, -0.05) is 6.92 Å². The second-order valence-corrected chi connectivity index (χ2v) is 7.10. The predicted molar refractivity (Wildman–Crippen MR) is 65.7 cm³/mol. The van der Waals surface area contributed by atoms with E-state index in [2.05, 4.69) is 0 Å². The second kappa shape index (κ2) is 6.02. The van der Waals surface area contributed by atoms with Crippen LogP contribution >= 0.6 is 23.4 Å². The molecule has 0 aliphatic heterocycles. The average Bonchev–Trinajstić information content (AvgIpc) is 2.29. The van der Waals surface area contributed by atoms with Crippen LogP contribution < -0.4 is 0 Å². The Bertz CT molecular complexity index is 460. The van der Waals surface area contributed by atoms with Crippen molar-refractivity contribution >= 4 is 33.2 Å². The molecule has 0 N–H and O–H groups in total. The van der Waals surface area contributed by atoms with E-state index in [9.17, 15) is 17.2 Å². The van der Waals surface area contributed by atoms with Crippen LogP contribution in [-0.2, 0) is 9.84 Å². The van der Waals surface area contributed by atoms with Gasteiger partial charge >= 0.3 is 5.76 Å². The molecular formula is C10H11ClF2O2S2. The van der Waals surface area contributed by atoms with Gasteiger partial charge in [-0.3, -0.25) is 0 Å². The molecule has 0 radical (unpaired) electrons. The van der Waals surface area contributed by atoms with Crippen molar-refractivity contribution in [3.8, 4) is 0 Å². The molecule has 0 aliphatic carbocycles. The zero-order valence-corrected chi connectivity index (χ0v) is 11.3. The lowest BCUT2D eigenvalue weighted by Gasteiger charge is -2.08. The van der Waals surface area contributed by atoms with E-state index in [4.69, 9.17) is 11.6 Å². The third-order valence-electron chi connectivity index (χ3n) is 1.94. The van der Waals surface area contributed by atoms with E-state index in [1.54, 1.807) is 0 Å². The molecule has 1 atom stereocenters.